The number of amides is 1. The van der Waals surface area contributed by atoms with Crippen molar-refractivity contribution in [1.29, 1.82) is 0 Å². The van der Waals surface area contributed by atoms with Crippen molar-refractivity contribution in [3.63, 3.8) is 0 Å². The van der Waals surface area contributed by atoms with Crippen LogP contribution >= 0.6 is 0 Å². The zero-order valence-corrected chi connectivity index (χ0v) is 17.4. The maximum Gasteiger partial charge on any atom is 0.291 e. The van der Waals surface area contributed by atoms with Crippen LogP contribution in [0.3, 0.4) is 0 Å². The second-order valence-electron chi connectivity index (χ2n) is 7.32. The van der Waals surface area contributed by atoms with Gasteiger partial charge >= 0.3 is 0 Å². The second-order valence-corrected chi connectivity index (χ2v) is 7.32. The molecular formula is C19H28N8O. The van der Waals surface area contributed by atoms with Crippen LogP contribution in [0.5, 0.6) is 0 Å². The maximum atomic E-state index is 12.3. The van der Waals surface area contributed by atoms with Crippen LogP contribution in [0, 0.1) is 20.8 Å². The molecule has 2 N–H and O–H groups in total. The van der Waals surface area contributed by atoms with Crippen LogP contribution in [0.25, 0.3) is 0 Å². The van der Waals surface area contributed by atoms with Gasteiger partial charge in [-0.3, -0.25) is 4.79 Å². The van der Waals surface area contributed by atoms with Crippen LogP contribution in [-0.4, -0.2) is 71.0 Å². The van der Waals surface area contributed by atoms with Gasteiger partial charge in [-0.15, -0.1) is 0 Å². The third-order valence-electron chi connectivity index (χ3n) is 4.89. The number of nitrogens with zero attached hydrogens (tertiary/aromatic N) is 6. The lowest BCUT2D eigenvalue weighted by Gasteiger charge is -2.22. The summed E-state index contributed by atoms with van der Waals surface area (Å²) >= 11 is 0. The van der Waals surface area contributed by atoms with Crippen LogP contribution < -0.4 is 15.5 Å². The number of rotatable bonds is 5. The van der Waals surface area contributed by atoms with E-state index < -0.39 is 0 Å². The molecule has 2 aromatic heterocycles. The summed E-state index contributed by atoms with van der Waals surface area (Å²) in [6.07, 6.45) is 0.936. The molecule has 2 aromatic rings. The second kappa shape index (κ2) is 7.95. The first-order chi connectivity index (χ1) is 13.3. The summed E-state index contributed by atoms with van der Waals surface area (Å²) < 4.78 is 0. The number of anilines is 3. The Kier molecular flexibility index (Phi) is 5.62. The molecule has 9 nitrogen and oxygen atoms in total. The fraction of sp³-hybridized carbons (Fsp3) is 0.526. The Morgan fingerprint density at radius 2 is 1.93 bits per heavy atom. The van der Waals surface area contributed by atoms with Crippen molar-refractivity contribution < 1.29 is 4.79 Å². The van der Waals surface area contributed by atoms with E-state index in [0.29, 0.717) is 5.95 Å². The summed E-state index contributed by atoms with van der Waals surface area (Å²) in [6.45, 7) is 7.47. The van der Waals surface area contributed by atoms with Gasteiger partial charge < -0.3 is 20.4 Å². The van der Waals surface area contributed by atoms with E-state index >= 15 is 0 Å². The van der Waals surface area contributed by atoms with Gasteiger partial charge in [0.2, 0.25) is 11.8 Å². The third-order valence-corrected chi connectivity index (χ3v) is 4.89. The first-order valence-corrected chi connectivity index (χ1v) is 9.40. The van der Waals surface area contributed by atoms with Gasteiger partial charge in [-0.1, -0.05) is 0 Å². The molecule has 28 heavy (non-hydrogen) atoms. The smallest absolute Gasteiger partial charge is 0.291 e. The number of aryl methyl sites for hydroxylation is 2. The van der Waals surface area contributed by atoms with Crippen molar-refractivity contribution >= 4 is 23.5 Å². The minimum atomic E-state index is -0.189. The summed E-state index contributed by atoms with van der Waals surface area (Å²) in [4.78, 5) is 33.9. The number of hydrogen-bond acceptors (Lipinski definition) is 8. The summed E-state index contributed by atoms with van der Waals surface area (Å²) in [5.74, 6) is 2.28. The molecule has 0 spiro atoms. The van der Waals surface area contributed by atoms with Crippen LogP contribution in [0.15, 0.2) is 6.07 Å². The standard InChI is InChI=1S/C19H28N8O/c1-11-9-15(20-4)24-19(21-11)23-14-7-8-27(10-14)17-12(2)13(3)22-16(25-17)18(28)26(5)6/h9,14H,7-8,10H2,1-6H3,(H2,20,21,23,24)/t14-/m1/s1. The molecule has 1 saturated heterocycles. The van der Waals surface area contributed by atoms with E-state index in [1.54, 1.807) is 14.1 Å². The Balaban J connectivity index is 1.78. The average molecular weight is 384 g/mol. The molecule has 0 radical (unpaired) electrons. The Bertz CT molecular complexity index is 882. The van der Waals surface area contributed by atoms with Gasteiger partial charge in [-0.2, -0.15) is 4.98 Å². The Hall–Kier alpha value is -2.97. The third kappa shape index (κ3) is 4.13. The summed E-state index contributed by atoms with van der Waals surface area (Å²) in [7, 11) is 5.25. The highest BCUT2D eigenvalue weighted by Gasteiger charge is 2.27. The number of aromatic nitrogens is 4. The normalized spacial score (nSPS) is 16.2. The zero-order valence-electron chi connectivity index (χ0n) is 17.4. The predicted octanol–water partition coefficient (Wildman–Crippen LogP) is 1.63. The Morgan fingerprint density at radius 3 is 2.61 bits per heavy atom. The van der Waals surface area contributed by atoms with E-state index in [1.165, 1.54) is 4.90 Å². The van der Waals surface area contributed by atoms with Gasteiger partial charge in [0, 0.05) is 63.3 Å². The molecule has 1 amide bonds. The van der Waals surface area contributed by atoms with Gasteiger partial charge in [-0.05, 0) is 27.2 Å². The molecular weight excluding hydrogens is 356 g/mol. The summed E-state index contributed by atoms with van der Waals surface area (Å²) in [6, 6.07) is 2.11. The molecule has 0 aromatic carbocycles. The predicted molar refractivity (Wildman–Crippen MR) is 110 cm³/mol. The summed E-state index contributed by atoms with van der Waals surface area (Å²) in [5.41, 5.74) is 2.73. The van der Waals surface area contributed by atoms with Gasteiger partial charge in [0.25, 0.3) is 5.91 Å². The Morgan fingerprint density at radius 1 is 1.18 bits per heavy atom. The average Bonchev–Trinajstić information content (AvgIpc) is 3.10. The first-order valence-electron chi connectivity index (χ1n) is 9.40. The number of carbonyl (C=O) groups is 1. The lowest BCUT2D eigenvalue weighted by molar-refractivity contribution is 0.0815. The monoisotopic (exact) mass is 384 g/mol. The van der Waals surface area contributed by atoms with E-state index in [1.807, 2.05) is 33.9 Å². The molecule has 0 bridgehead atoms. The molecule has 0 unspecified atom stereocenters. The molecule has 1 aliphatic heterocycles. The highest BCUT2D eigenvalue weighted by atomic mass is 16.2. The highest BCUT2D eigenvalue weighted by molar-refractivity contribution is 5.90. The van der Waals surface area contributed by atoms with Crippen LogP contribution in [-0.2, 0) is 0 Å². The van der Waals surface area contributed by atoms with Crippen LogP contribution in [0.2, 0.25) is 0 Å². The van der Waals surface area contributed by atoms with E-state index in [2.05, 4.69) is 35.5 Å². The van der Waals surface area contributed by atoms with Crippen molar-refractivity contribution in [2.75, 3.05) is 49.8 Å². The van der Waals surface area contributed by atoms with Crippen molar-refractivity contribution in [2.24, 2.45) is 0 Å². The van der Waals surface area contributed by atoms with Crippen molar-refractivity contribution in [3.05, 3.63) is 28.8 Å². The van der Waals surface area contributed by atoms with Gasteiger partial charge in [0.15, 0.2) is 0 Å². The molecule has 0 saturated carbocycles. The SMILES string of the molecule is CNc1cc(C)nc(N[C@@H]2CCN(c3nc(C(=O)N(C)C)nc(C)c3C)C2)n1. The zero-order chi connectivity index (χ0) is 20.4. The fourth-order valence-corrected chi connectivity index (χ4v) is 3.23. The lowest BCUT2D eigenvalue weighted by Crippen LogP contribution is -2.30. The van der Waals surface area contributed by atoms with Gasteiger partial charge in [0.1, 0.15) is 11.6 Å². The van der Waals surface area contributed by atoms with Crippen LogP contribution in [0.1, 0.15) is 34.0 Å². The number of hydrogen-bond donors (Lipinski definition) is 2. The Labute approximate surface area is 165 Å². The van der Waals surface area contributed by atoms with Crippen molar-refractivity contribution in [2.45, 2.75) is 33.2 Å². The lowest BCUT2D eigenvalue weighted by atomic mass is 10.2. The maximum absolute atomic E-state index is 12.3. The molecule has 3 heterocycles. The van der Waals surface area contributed by atoms with Crippen molar-refractivity contribution in [1.82, 2.24) is 24.8 Å². The molecule has 1 fully saturated rings. The molecule has 1 aliphatic rings. The topological polar surface area (TPSA) is 99.2 Å². The quantitative estimate of drug-likeness (QED) is 0.802. The summed E-state index contributed by atoms with van der Waals surface area (Å²) in [5, 5.41) is 6.48. The largest absolute Gasteiger partial charge is 0.373 e. The molecule has 9 heteroatoms. The van der Waals surface area contributed by atoms with Gasteiger partial charge in [-0.25, -0.2) is 15.0 Å². The van der Waals surface area contributed by atoms with E-state index in [0.717, 1.165) is 48.1 Å². The minimum absolute atomic E-state index is 0.189. The molecule has 150 valence electrons. The first kappa shape index (κ1) is 19.8. The number of carbonyl (C=O) groups excluding carboxylic acids is 1. The molecule has 1 atom stereocenters. The molecule has 3 rings (SSSR count). The van der Waals surface area contributed by atoms with E-state index in [9.17, 15) is 4.79 Å². The van der Waals surface area contributed by atoms with Gasteiger partial charge in [0.05, 0.1) is 0 Å². The highest BCUT2D eigenvalue weighted by Crippen LogP contribution is 2.25. The van der Waals surface area contributed by atoms with Crippen LogP contribution in [0.4, 0.5) is 17.6 Å². The minimum Gasteiger partial charge on any atom is -0.373 e. The van der Waals surface area contributed by atoms with Crippen molar-refractivity contribution in [3.8, 4) is 0 Å². The molecule has 0 aliphatic carbocycles. The number of nitrogens with one attached hydrogen (secondary N) is 2. The fourth-order valence-electron chi connectivity index (χ4n) is 3.23. The van der Waals surface area contributed by atoms with E-state index in [4.69, 9.17) is 0 Å². The van der Waals surface area contributed by atoms with E-state index in [-0.39, 0.29) is 17.8 Å².